The standard InChI is InChI=1S/C14H24S/c1-10(11(2)15)12-9-13(3,4)7-8-14(12,5)6/h9,15H,7-8H2,1-6H3/b11-10+. The van der Waals surface area contributed by atoms with Crippen molar-refractivity contribution in [2.75, 3.05) is 0 Å². The highest BCUT2D eigenvalue weighted by Gasteiger charge is 2.33. The summed E-state index contributed by atoms with van der Waals surface area (Å²) in [4.78, 5) is 1.15. The van der Waals surface area contributed by atoms with Crippen LogP contribution in [0.4, 0.5) is 0 Å². The van der Waals surface area contributed by atoms with Crippen LogP contribution in [0.2, 0.25) is 0 Å². The summed E-state index contributed by atoms with van der Waals surface area (Å²) >= 11 is 4.48. The normalized spacial score (nSPS) is 25.7. The van der Waals surface area contributed by atoms with Crippen LogP contribution in [0.15, 0.2) is 22.1 Å². The maximum Gasteiger partial charge on any atom is -0.0103 e. The van der Waals surface area contributed by atoms with E-state index in [9.17, 15) is 0 Å². The van der Waals surface area contributed by atoms with Gasteiger partial charge < -0.3 is 0 Å². The third-order valence-corrected chi connectivity index (χ3v) is 3.94. The lowest BCUT2D eigenvalue weighted by Crippen LogP contribution is -2.26. The van der Waals surface area contributed by atoms with Crippen LogP contribution < -0.4 is 0 Å². The first-order valence-corrected chi connectivity index (χ1v) is 6.21. The van der Waals surface area contributed by atoms with Crippen LogP contribution in [0, 0.1) is 10.8 Å². The molecule has 0 heterocycles. The SMILES string of the molecule is C/C(S)=C(/C)C1=CC(C)(C)CCC1(C)C. The Morgan fingerprint density at radius 2 is 1.67 bits per heavy atom. The van der Waals surface area contributed by atoms with E-state index in [0.717, 1.165) is 4.91 Å². The van der Waals surface area contributed by atoms with E-state index in [1.807, 2.05) is 0 Å². The average Bonchev–Trinajstić information content (AvgIpc) is 2.08. The van der Waals surface area contributed by atoms with Crippen molar-refractivity contribution < 1.29 is 0 Å². The molecule has 1 rings (SSSR count). The van der Waals surface area contributed by atoms with Crippen LogP contribution >= 0.6 is 12.6 Å². The highest BCUT2D eigenvalue weighted by Crippen LogP contribution is 2.47. The van der Waals surface area contributed by atoms with Gasteiger partial charge in [-0.25, -0.2) is 0 Å². The minimum absolute atomic E-state index is 0.309. The van der Waals surface area contributed by atoms with Gasteiger partial charge in [-0.1, -0.05) is 33.8 Å². The Bertz CT molecular complexity index is 312. The number of hydrogen-bond acceptors (Lipinski definition) is 1. The first-order chi connectivity index (χ1) is 6.66. The third kappa shape index (κ3) is 2.90. The number of hydrogen-bond donors (Lipinski definition) is 1. The van der Waals surface area contributed by atoms with Gasteiger partial charge in [0.15, 0.2) is 0 Å². The molecule has 0 atom stereocenters. The van der Waals surface area contributed by atoms with E-state index in [1.165, 1.54) is 24.0 Å². The molecule has 0 aromatic heterocycles. The van der Waals surface area contributed by atoms with Crippen molar-refractivity contribution in [2.45, 2.75) is 54.4 Å². The van der Waals surface area contributed by atoms with E-state index in [1.54, 1.807) is 0 Å². The molecule has 0 nitrogen and oxygen atoms in total. The Kier molecular flexibility index (Phi) is 3.45. The van der Waals surface area contributed by atoms with Crippen LogP contribution in [-0.2, 0) is 0 Å². The van der Waals surface area contributed by atoms with Crippen molar-refractivity contribution in [3.05, 3.63) is 22.1 Å². The lowest BCUT2D eigenvalue weighted by atomic mass is 9.66. The minimum atomic E-state index is 0.309. The second-order valence-electron chi connectivity index (χ2n) is 6.14. The maximum atomic E-state index is 4.48. The van der Waals surface area contributed by atoms with Gasteiger partial charge in [0.05, 0.1) is 0 Å². The molecule has 0 bridgehead atoms. The molecule has 0 saturated carbocycles. The quantitative estimate of drug-likeness (QED) is 0.596. The zero-order valence-electron chi connectivity index (χ0n) is 10.9. The molecule has 0 amide bonds. The van der Waals surface area contributed by atoms with Gasteiger partial charge in [0.2, 0.25) is 0 Å². The van der Waals surface area contributed by atoms with E-state index in [0.29, 0.717) is 10.8 Å². The summed E-state index contributed by atoms with van der Waals surface area (Å²) in [6, 6.07) is 0. The summed E-state index contributed by atoms with van der Waals surface area (Å²) in [6.45, 7) is 13.6. The predicted octanol–water partition coefficient (Wildman–Crippen LogP) is 4.98. The van der Waals surface area contributed by atoms with Gasteiger partial charge in [-0.05, 0) is 53.6 Å². The van der Waals surface area contributed by atoms with Crippen LogP contribution in [0.5, 0.6) is 0 Å². The molecule has 1 heteroatoms. The fourth-order valence-corrected chi connectivity index (χ4v) is 2.36. The molecule has 0 aromatic rings. The second-order valence-corrected chi connectivity index (χ2v) is 6.81. The molecule has 0 spiro atoms. The van der Waals surface area contributed by atoms with E-state index in [2.05, 4.69) is 60.2 Å². The van der Waals surface area contributed by atoms with E-state index in [4.69, 9.17) is 0 Å². The van der Waals surface area contributed by atoms with Crippen molar-refractivity contribution in [3.8, 4) is 0 Å². The smallest absolute Gasteiger partial charge is 0.0103 e. The first-order valence-electron chi connectivity index (χ1n) is 5.76. The van der Waals surface area contributed by atoms with Crippen LogP contribution in [0.1, 0.15) is 54.4 Å². The lowest BCUT2D eigenvalue weighted by molar-refractivity contribution is 0.283. The number of allylic oxidation sites excluding steroid dienone is 4. The van der Waals surface area contributed by atoms with Gasteiger partial charge in [-0.2, -0.15) is 0 Å². The van der Waals surface area contributed by atoms with Crippen LogP contribution in [0.25, 0.3) is 0 Å². The molecule has 0 aromatic carbocycles. The largest absolute Gasteiger partial charge is 0.148 e. The molecule has 0 saturated heterocycles. The van der Waals surface area contributed by atoms with E-state index < -0.39 is 0 Å². The highest BCUT2D eigenvalue weighted by molar-refractivity contribution is 7.84. The summed E-state index contributed by atoms with van der Waals surface area (Å²) in [6.07, 6.45) is 5.00. The predicted molar refractivity (Wildman–Crippen MR) is 72.2 cm³/mol. The molecule has 1 aliphatic carbocycles. The Balaban J connectivity index is 3.22. The van der Waals surface area contributed by atoms with Crippen molar-refractivity contribution >= 4 is 12.6 Å². The molecule has 15 heavy (non-hydrogen) atoms. The highest BCUT2D eigenvalue weighted by atomic mass is 32.1. The molecule has 1 aliphatic rings. The molecule has 86 valence electrons. The van der Waals surface area contributed by atoms with Crippen LogP contribution in [-0.4, -0.2) is 0 Å². The van der Waals surface area contributed by atoms with Gasteiger partial charge in [-0.15, -0.1) is 12.6 Å². The maximum absolute atomic E-state index is 4.48. The monoisotopic (exact) mass is 224 g/mol. The Morgan fingerprint density at radius 1 is 1.13 bits per heavy atom. The summed E-state index contributed by atoms with van der Waals surface area (Å²) in [7, 11) is 0. The fraction of sp³-hybridized carbons (Fsp3) is 0.714. The Labute approximate surface area is 100 Å². The number of thiol groups is 1. The van der Waals surface area contributed by atoms with Gasteiger partial charge in [-0.3, -0.25) is 0 Å². The summed E-state index contributed by atoms with van der Waals surface area (Å²) in [5.74, 6) is 0. The summed E-state index contributed by atoms with van der Waals surface area (Å²) in [5.41, 5.74) is 3.50. The zero-order chi connectivity index (χ0) is 11.9. The summed E-state index contributed by atoms with van der Waals surface area (Å²) < 4.78 is 0. The first kappa shape index (κ1) is 12.9. The topological polar surface area (TPSA) is 0 Å². The minimum Gasteiger partial charge on any atom is -0.148 e. The lowest BCUT2D eigenvalue weighted by Gasteiger charge is -2.39. The molecule has 0 unspecified atom stereocenters. The Hall–Kier alpha value is -0.170. The molecular weight excluding hydrogens is 200 g/mol. The van der Waals surface area contributed by atoms with Crippen molar-refractivity contribution in [3.63, 3.8) is 0 Å². The van der Waals surface area contributed by atoms with Gasteiger partial charge >= 0.3 is 0 Å². The van der Waals surface area contributed by atoms with Crippen molar-refractivity contribution in [1.29, 1.82) is 0 Å². The molecule has 0 N–H and O–H groups in total. The molecular formula is C14H24S. The van der Waals surface area contributed by atoms with Crippen molar-refractivity contribution in [1.82, 2.24) is 0 Å². The average molecular weight is 224 g/mol. The molecule has 0 aliphatic heterocycles. The molecule has 0 radical (unpaired) electrons. The summed E-state index contributed by atoms with van der Waals surface area (Å²) in [5, 5.41) is 0. The van der Waals surface area contributed by atoms with Crippen LogP contribution in [0.3, 0.4) is 0 Å². The van der Waals surface area contributed by atoms with Gasteiger partial charge in [0, 0.05) is 0 Å². The van der Waals surface area contributed by atoms with Gasteiger partial charge in [0.25, 0.3) is 0 Å². The molecule has 0 fully saturated rings. The van der Waals surface area contributed by atoms with E-state index in [-0.39, 0.29) is 0 Å². The second kappa shape index (κ2) is 4.01. The van der Waals surface area contributed by atoms with E-state index >= 15 is 0 Å². The number of rotatable bonds is 1. The zero-order valence-corrected chi connectivity index (χ0v) is 11.8. The fourth-order valence-electron chi connectivity index (χ4n) is 2.24. The van der Waals surface area contributed by atoms with Crippen molar-refractivity contribution in [2.24, 2.45) is 10.8 Å². The Morgan fingerprint density at radius 3 is 2.13 bits per heavy atom. The van der Waals surface area contributed by atoms with Gasteiger partial charge in [0.1, 0.15) is 0 Å². The third-order valence-electron chi connectivity index (χ3n) is 3.61.